The summed E-state index contributed by atoms with van der Waals surface area (Å²) in [6.07, 6.45) is 40.4. The Labute approximate surface area is 537 Å². The lowest BCUT2D eigenvalue weighted by Crippen LogP contribution is -2.30. The summed E-state index contributed by atoms with van der Waals surface area (Å²) in [4.78, 5) is 72.5. The van der Waals surface area contributed by atoms with Crippen LogP contribution in [0.1, 0.15) is 338 Å². The second kappa shape index (κ2) is 58.8. The first-order chi connectivity index (χ1) is 42.1. The molecule has 0 rings (SSSR count). The van der Waals surface area contributed by atoms with Gasteiger partial charge in [-0.1, -0.05) is 287 Å². The molecule has 0 aliphatic carbocycles. The van der Waals surface area contributed by atoms with Crippen LogP contribution in [0.4, 0.5) is 0 Å². The Morgan fingerprint density at radius 2 is 0.545 bits per heavy atom. The second-order valence-corrected chi connectivity index (χ2v) is 29.5. The van der Waals surface area contributed by atoms with E-state index in [9.17, 15) is 43.2 Å². The molecule has 19 heteroatoms. The van der Waals surface area contributed by atoms with Crippen LogP contribution in [0.25, 0.3) is 0 Å². The third-order valence-electron chi connectivity index (χ3n) is 16.2. The predicted octanol–water partition coefficient (Wildman–Crippen LogP) is 19.3. The molecule has 522 valence electrons. The van der Waals surface area contributed by atoms with Crippen molar-refractivity contribution in [3.8, 4) is 0 Å². The van der Waals surface area contributed by atoms with E-state index in [4.69, 9.17) is 37.0 Å². The monoisotopic (exact) mass is 1300 g/mol. The van der Waals surface area contributed by atoms with Crippen molar-refractivity contribution in [1.82, 2.24) is 0 Å². The molecule has 17 nitrogen and oxygen atoms in total. The topological polar surface area (TPSA) is 237 Å². The molecule has 0 aliphatic rings. The third-order valence-corrected chi connectivity index (χ3v) is 18.1. The molecule has 0 saturated carbocycles. The normalized spacial score (nSPS) is 14.6. The summed E-state index contributed by atoms with van der Waals surface area (Å²) in [5, 5.41) is 10.6. The van der Waals surface area contributed by atoms with E-state index >= 15 is 0 Å². The minimum atomic E-state index is -4.95. The molecule has 88 heavy (non-hydrogen) atoms. The van der Waals surface area contributed by atoms with Crippen molar-refractivity contribution >= 4 is 39.5 Å². The van der Waals surface area contributed by atoms with Gasteiger partial charge in [-0.25, -0.2) is 9.13 Å². The van der Waals surface area contributed by atoms with E-state index in [0.717, 1.165) is 114 Å². The number of esters is 4. The minimum absolute atomic E-state index is 0.104. The number of unbranched alkanes of at least 4 members (excludes halogenated alkanes) is 31. The van der Waals surface area contributed by atoms with E-state index in [1.165, 1.54) is 135 Å². The van der Waals surface area contributed by atoms with Crippen LogP contribution in [0.5, 0.6) is 0 Å². The Bertz CT molecular complexity index is 1750. The maximum atomic E-state index is 13.0. The summed E-state index contributed by atoms with van der Waals surface area (Å²) < 4.78 is 68.2. The van der Waals surface area contributed by atoms with Gasteiger partial charge in [0.2, 0.25) is 0 Å². The molecule has 3 N–H and O–H groups in total. The number of aliphatic hydroxyl groups is 1. The van der Waals surface area contributed by atoms with Crippen molar-refractivity contribution < 1.29 is 80.2 Å². The minimum Gasteiger partial charge on any atom is -0.462 e. The zero-order chi connectivity index (χ0) is 65.4. The molecule has 0 bridgehead atoms. The lowest BCUT2D eigenvalue weighted by molar-refractivity contribution is -0.161. The van der Waals surface area contributed by atoms with Gasteiger partial charge >= 0.3 is 39.5 Å². The average Bonchev–Trinajstić information content (AvgIpc) is 3.56. The summed E-state index contributed by atoms with van der Waals surface area (Å²) >= 11 is 0. The molecule has 0 aromatic rings. The fourth-order valence-corrected chi connectivity index (χ4v) is 11.9. The summed E-state index contributed by atoms with van der Waals surface area (Å²) in [7, 11) is -9.90. The Balaban J connectivity index is 5.26. The van der Waals surface area contributed by atoms with Gasteiger partial charge in [-0.15, -0.1) is 0 Å². The smallest absolute Gasteiger partial charge is 0.462 e. The van der Waals surface area contributed by atoms with E-state index in [2.05, 4.69) is 55.4 Å². The number of hydrogen-bond donors (Lipinski definition) is 3. The van der Waals surface area contributed by atoms with Crippen molar-refractivity contribution in [3.05, 3.63) is 0 Å². The Morgan fingerprint density at radius 3 is 0.807 bits per heavy atom. The molecule has 0 spiro atoms. The van der Waals surface area contributed by atoms with Gasteiger partial charge in [0, 0.05) is 25.7 Å². The number of carbonyl (C=O) groups excluding carboxylic acids is 4. The molecule has 0 aliphatic heterocycles. The van der Waals surface area contributed by atoms with Crippen molar-refractivity contribution in [1.29, 1.82) is 0 Å². The lowest BCUT2D eigenvalue weighted by Gasteiger charge is -2.21. The molecule has 0 aromatic heterocycles. The molecule has 0 radical (unpaired) electrons. The molecule has 0 saturated heterocycles. The zero-order valence-corrected chi connectivity index (χ0v) is 59.1. The zero-order valence-electron chi connectivity index (χ0n) is 57.3. The Hall–Kier alpha value is -1.94. The molecule has 0 aromatic carbocycles. The molecule has 3 unspecified atom stereocenters. The number of rotatable bonds is 66. The quantitative estimate of drug-likeness (QED) is 0.0222. The average molecular weight is 1300 g/mol. The van der Waals surface area contributed by atoms with E-state index in [0.29, 0.717) is 31.6 Å². The SMILES string of the molecule is CCC(C)CCCCCCCCCCC(=O)OC[C@H](COP(=O)(O)OC[C@@H](O)COP(=O)(O)OC[C@@H](COC(=O)CCCCCCCCC(C)C)OC(=O)CCCCCCCCCCCC(C)C)OC(=O)CCCCCCCCCCCCCCC(C)C. The van der Waals surface area contributed by atoms with E-state index < -0.39 is 97.5 Å². The largest absolute Gasteiger partial charge is 0.472 e. The van der Waals surface area contributed by atoms with Gasteiger partial charge in [-0.3, -0.25) is 37.3 Å². The lowest BCUT2D eigenvalue weighted by atomic mass is 9.99. The fraction of sp³-hybridized carbons (Fsp3) is 0.942. The highest BCUT2D eigenvalue weighted by Gasteiger charge is 2.30. The van der Waals surface area contributed by atoms with Crippen molar-refractivity contribution in [2.24, 2.45) is 23.7 Å². The standard InChI is InChI=1S/C69H134O17P2/c1-9-62(8)48-40-32-23-19-20-24-33-41-49-66(71)79-55-64(85-68(73)51-43-35-25-17-13-11-10-12-15-21-29-37-45-59(2)3)57-83-87(75,76)81-53-63(70)54-82-88(77,78)84-58-65(56-80-67(72)50-42-34-28-27-31-39-47-61(6)7)86-69(74)52-44-36-26-18-14-16-22-30-38-46-60(4)5/h59-65,70H,9-58H2,1-8H3,(H,75,76)(H,77,78)/t62?,63-,64-,65-/m1/s1. The number of phosphoric acid groups is 2. The van der Waals surface area contributed by atoms with E-state index in [-0.39, 0.29) is 25.7 Å². The van der Waals surface area contributed by atoms with Crippen LogP contribution in [0.15, 0.2) is 0 Å². The maximum absolute atomic E-state index is 13.0. The molecule has 6 atom stereocenters. The van der Waals surface area contributed by atoms with Crippen LogP contribution >= 0.6 is 15.6 Å². The summed E-state index contributed by atoms with van der Waals surface area (Å²) in [5.74, 6) is 0.837. The van der Waals surface area contributed by atoms with Crippen LogP contribution in [0.2, 0.25) is 0 Å². The number of carbonyl (C=O) groups is 4. The van der Waals surface area contributed by atoms with E-state index in [1.807, 2.05) is 0 Å². The van der Waals surface area contributed by atoms with Crippen molar-refractivity contribution in [2.75, 3.05) is 39.6 Å². The van der Waals surface area contributed by atoms with Crippen LogP contribution in [0.3, 0.4) is 0 Å². The highest BCUT2D eigenvalue weighted by molar-refractivity contribution is 7.47. The highest BCUT2D eigenvalue weighted by Crippen LogP contribution is 2.45. The van der Waals surface area contributed by atoms with Gasteiger partial charge in [-0.2, -0.15) is 0 Å². The molecular weight excluding hydrogens is 1160 g/mol. The summed E-state index contributed by atoms with van der Waals surface area (Å²) in [6, 6.07) is 0. The van der Waals surface area contributed by atoms with Gasteiger partial charge < -0.3 is 33.8 Å². The van der Waals surface area contributed by atoms with Crippen LogP contribution < -0.4 is 0 Å². The van der Waals surface area contributed by atoms with Crippen LogP contribution in [-0.4, -0.2) is 96.7 Å². The van der Waals surface area contributed by atoms with Gasteiger partial charge in [0.1, 0.15) is 19.3 Å². The van der Waals surface area contributed by atoms with Crippen LogP contribution in [-0.2, 0) is 65.4 Å². The van der Waals surface area contributed by atoms with Gasteiger partial charge in [0.25, 0.3) is 0 Å². The molecule has 0 amide bonds. The number of aliphatic hydroxyl groups excluding tert-OH is 1. The van der Waals surface area contributed by atoms with Crippen LogP contribution in [0, 0.1) is 23.7 Å². The molecule has 0 heterocycles. The Kier molecular flexibility index (Phi) is 57.6. The third kappa shape index (κ3) is 61.6. The number of ether oxygens (including phenoxy) is 4. The maximum Gasteiger partial charge on any atom is 0.472 e. The fourth-order valence-electron chi connectivity index (χ4n) is 10.3. The first-order valence-electron chi connectivity index (χ1n) is 35.7. The first kappa shape index (κ1) is 86.1. The number of hydrogen-bond acceptors (Lipinski definition) is 15. The Morgan fingerprint density at radius 1 is 0.318 bits per heavy atom. The summed E-state index contributed by atoms with van der Waals surface area (Å²) in [5.41, 5.74) is 0. The highest BCUT2D eigenvalue weighted by atomic mass is 31.2. The summed E-state index contributed by atoms with van der Waals surface area (Å²) in [6.45, 7) is 14.0. The number of phosphoric ester groups is 2. The van der Waals surface area contributed by atoms with Crippen molar-refractivity contribution in [2.45, 2.75) is 356 Å². The molecular formula is C69H134O17P2. The van der Waals surface area contributed by atoms with Gasteiger partial charge in [-0.05, 0) is 49.4 Å². The van der Waals surface area contributed by atoms with Gasteiger partial charge in [0.05, 0.1) is 26.4 Å². The van der Waals surface area contributed by atoms with E-state index in [1.54, 1.807) is 0 Å². The predicted molar refractivity (Wildman–Crippen MR) is 354 cm³/mol. The van der Waals surface area contributed by atoms with Gasteiger partial charge in [0.15, 0.2) is 12.2 Å². The molecule has 0 fully saturated rings. The first-order valence-corrected chi connectivity index (χ1v) is 38.7. The second-order valence-electron chi connectivity index (χ2n) is 26.6. The van der Waals surface area contributed by atoms with Crippen molar-refractivity contribution in [3.63, 3.8) is 0 Å².